The first-order chi connectivity index (χ1) is 42.9. The summed E-state index contributed by atoms with van der Waals surface area (Å²) in [5.41, 5.74) is 16.5. The van der Waals surface area contributed by atoms with E-state index < -0.39 is 5.91 Å². The molecule has 4 aromatic heterocycles. The van der Waals surface area contributed by atoms with Crippen molar-refractivity contribution in [3.8, 4) is 22.8 Å². The molecule has 6 aromatic rings. The standard InChI is InChI=1S/C64H88N20O4/c1-40-35-46(69-62-57(59(65)85)71-55(51-37-42(3)75-77-51)60(73-62)67-44-15-31-87-32-16-44)5-9-53(40)83-19-11-49(12-20-83)80-25-23-79(24-26-80)39-66-64(86)58-63(74-61(68-45-17-33-88-34-18-45)56(72-58)52-38-43(4)76-78-52)70-47-6-10-54(41(2)36-47)84-21-13-50(14-22-84)82-29-27-81(28-30-82)48-7-8-48/h5-6,9-10,35-38,44-45,48-50H,7-8,11-34,39H2,1-4H3,(H2,65,85)(H,66,86)(H,75,77)(H,76,78)(H2,67,69,73)(H2,68,70,74). The summed E-state index contributed by atoms with van der Waals surface area (Å²) in [6.45, 7) is 23.5. The third kappa shape index (κ3) is 13.9. The van der Waals surface area contributed by atoms with Crippen LogP contribution in [0.3, 0.4) is 0 Å². The van der Waals surface area contributed by atoms with Crippen LogP contribution in [0, 0.1) is 27.7 Å². The van der Waals surface area contributed by atoms with Gasteiger partial charge in [-0.15, -0.1) is 0 Å². The number of piperazine rings is 2. The number of benzene rings is 2. The molecule has 0 unspecified atom stereocenters. The SMILES string of the molecule is Cc1cc(-c2nc(C(N)=O)c(Nc3ccc(N4CCC(N5CCN(CNC(=O)c6nc(-c7cc(C)[nH]n7)c(NC7CCOCC7)nc6Nc6ccc(N7CCC(N8CCN(C9CC9)CC8)CC7)c(C)c6)CC5)CC4)c(C)c3)nc2NC2CCOCC2)n[nH]1. The van der Waals surface area contributed by atoms with Crippen molar-refractivity contribution in [2.75, 3.05) is 143 Å². The van der Waals surface area contributed by atoms with Crippen LogP contribution in [0.5, 0.6) is 0 Å². The van der Waals surface area contributed by atoms with Gasteiger partial charge in [-0.3, -0.25) is 39.4 Å². The van der Waals surface area contributed by atoms with Crippen molar-refractivity contribution >= 4 is 57.8 Å². The highest BCUT2D eigenvalue weighted by Crippen LogP contribution is 2.36. The van der Waals surface area contributed by atoms with Gasteiger partial charge in [0.1, 0.15) is 22.8 Å². The van der Waals surface area contributed by atoms with E-state index in [4.69, 9.17) is 35.1 Å². The molecule has 0 radical (unpaired) electrons. The quantitative estimate of drug-likeness (QED) is 0.0416. The van der Waals surface area contributed by atoms with Crippen LogP contribution in [0.2, 0.25) is 0 Å². The van der Waals surface area contributed by atoms with Crippen LogP contribution < -0.4 is 42.1 Å². The molecule has 468 valence electrons. The third-order valence-electron chi connectivity index (χ3n) is 19.1. The Morgan fingerprint density at radius 1 is 0.511 bits per heavy atom. The molecule has 6 saturated heterocycles. The minimum Gasteiger partial charge on any atom is -0.381 e. The minimum atomic E-state index is -0.685. The van der Waals surface area contributed by atoms with Gasteiger partial charge in [-0.05, 0) is 152 Å². The van der Waals surface area contributed by atoms with Gasteiger partial charge in [0.05, 0.1) is 6.67 Å². The van der Waals surface area contributed by atoms with Gasteiger partial charge in [0.2, 0.25) is 0 Å². The fourth-order valence-corrected chi connectivity index (χ4v) is 13.9. The lowest BCUT2D eigenvalue weighted by atomic mass is 10.0. The highest BCUT2D eigenvalue weighted by atomic mass is 16.5. The second-order valence-electron chi connectivity index (χ2n) is 25.3. The van der Waals surface area contributed by atoms with E-state index in [0.29, 0.717) is 85.4 Å². The second kappa shape index (κ2) is 26.7. The number of rotatable bonds is 19. The Balaban J connectivity index is 0.634. The number of primary amides is 1. The molecule has 13 rings (SSSR count). The number of H-pyrrole nitrogens is 2. The van der Waals surface area contributed by atoms with E-state index >= 15 is 0 Å². The Bertz CT molecular complexity index is 3400. The number of hydrogen-bond acceptors (Lipinski definition) is 20. The normalized spacial score (nSPS) is 20.3. The number of aromatic nitrogens is 8. The van der Waals surface area contributed by atoms with Crippen LogP contribution in [-0.2, 0) is 9.47 Å². The number of carbonyl (C=O) groups is 2. The number of aryl methyl sites for hydroxylation is 4. The van der Waals surface area contributed by atoms with Crippen molar-refractivity contribution in [2.45, 2.75) is 122 Å². The van der Waals surface area contributed by atoms with Gasteiger partial charge in [0, 0.05) is 169 Å². The Labute approximate surface area is 515 Å². The molecule has 2 amide bonds. The van der Waals surface area contributed by atoms with Crippen molar-refractivity contribution in [3.05, 3.63) is 82.4 Å². The molecule has 1 saturated carbocycles. The maximum atomic E-state index is 14.7. The molecule has 24 heteroatoms. The Hall–Kier alpha value is -7.48. The number of piperidine rings is 2. The van der Waals surface area contributed by atoms with Gasteiger partial charge >= 0.3 is 0 Å². The second-order valence-corrected chi connectivity index (χ2v) is 25.3. The van der Waals surface area contributed by atoms with Crippen LogP contribution >= 0.6 is 0 Å². The summed E-state index contributed by atoms with van der Waals surface area (Å²) in [7, 11) is 0. The lowest BCUT2D eigenvalue weighted by Crippen LogP contribution is -2.54. The Morgan fingerprint density at radius 3 is 1.34 bits per heavy atom. The maximum Gasteiger partial charge on any atom is 0.274 e. The number of hydrogen-bond donors (Lipinski definition) is 8. The summed E-state index contributed by atoms with van der Waals surface area (Å²) < 4.78 is 11.3. The zero-order chi connectivity index (χ0) is 60.3. The number of amides is 2. The van der Waals surface area contributed by atoms with Gasteiger partial charge in [0.15, 0.2) is 34.7 Å². The van der Waals surface area contributed by atoms with Gasteiger partial charge < -0.3 is 51.6 Å². The van der Waals surface area contributed by atoms with Gasteiger partial charge in [-0.1, -0.05) is 0 Å². The molecule has 0 spiro atoms. The fraction of sp³-hybridized carbons (Fsp3) is 0.562. The van der Waals surface area contributed by atoms with Crippen molar-refractivity contribution in [2.24, 2.45) is 5.73 Å². The molecular weight excluding hydrogens is 1110 g/mol. The summed E-state index contributed by atoms with van der Waals surface area (Å²) in [6.07, 6.45) is 10.5. The third-order valence-corrected chi connectivity index (χ3v) is 19.1. The highest BCUT2D eigenvalue weighted by Gasteiger charge is 2.35. The molecule has 0 atom stereocenters. The fourth-order valence-electron chi connectivity index (χ4n) is 13.9. The van der Waals surface area contributed by atoms with E-state index in [1.165, 1.54) is 68.8 Å². The van der Waals surface area contributed by atoms with Crippen molar-refractivity contribution in [3.63, 3.8) is 0 Å². The zero-order valence-corrected chi connectivity index (χ0v) is 51.7. The highest BCUT2D eigenvalue weighted by molar-refractivity contribution is 5.99. The van der Waals surface area contributed by atoms with Crippen LogP contribution in [0.15, 0.2) is 48.5 Å². The Morgan fingerprint density at radius 2 is 0.932 bits per heavy atom. The summed E-state index contributed by atoms with van der Waals surface area (Å²) >= 11 is 0. The maximum absolute atomic E-state index is 14.7. The van der Waals surface area contributed by atoms with Crippen LogP contribution in [0.4, 0.5) is 46.0 Å². The van der Waals surface area contributed by atoms with Crippen molar-refractivity contribution in [1.29, 1.82) is 0 Å². The Kier molecular flexibility index (Phi) is 18.0. The minimum absolute atomic E-state index is 0.0377. The summed E-state index contributed by atoms with van der Waals surface area (Å²) in [5, 5.41) is 32.5. The number of aromatic amines is 2. The molecule has 88 heavy (non-hydrogen) atoms. The molecule has 1 aliphatic carbocycles. The average molecular weight is 1200 g/mol. The number of nitrogens with zero attached hydrogens (tertiary/aromatic N) is 12. The topological polar surface area (TPSA) is 267 Å². The first-order valence-electron chi connectivity index (χ1n) is 32.3. The van der Waals surface area contributed by atoms with Crippen LogP contribution in [0.1, 0.15) is 108 Å². The number of anilines is 8. The van der Waals surface area contributed by atoms with E-state index in [9.17, 15) is 9.59 Å². The molecule has 7 aliphatic rings. The van der Waals surface area contributed by atoms with Crippen molar-refractivity contribution in [1.82, 2.24) is 65.2 Å². The molecular formula is C64H88N20O4. The smallest absolute Gasteiger partial charge is 0.274 e. The summed E-state index contributed by atoms with van der Waals surface area (Å²) in [6, 6.07) is 18.8. The molecule has 2 aromatic carbocycles. The van der Waals surface area contributed by atoms with Gasteiger partial charge in [-0.25, -0.2) is 19.9 Å². The first-order valence-corrected chi connectivity index (χ1v) is 32.3. The van der Waals surface area contributed by atoms with E-state index in [2.05, 4.69) is 121 Å². The molecule has 6 aliphatic heterocycles. The molecule has 10 heterocycles. The molecule has 0 bridgehead atoms. The number of carbonyl (C=O) groups excluding carboxylic acids is 2. The van der Waals surface area contributed by atoms with Gasteiger partial charge in [-0.2, -0.15) is 10.2 Å². The monoisotopic (exact) mass is 1200 g/mol. The number of ether oxygens (including phenoxy) is 2. The van der Waals surface area contributed by atoms with Gasteiger partial charge in [0.25, 0.3) is 11.8 Å². The van der Waals surface area contributed by atoms with Crippen molar-refractivity contribution < 1.29 is 19.1 Å². The first kappa shape index (κ1) is 59.5. The van der Waals surface area contributed by atoms with E-state index in [0.717, 1.165) is 125 Å². The van der Waals surface area contributed by atoms with E-state index in [1.54, 1.807) is 0 Å². The molecule has 24 nitrogen and oxygen atoms in total. The predicted octanol–water partition coefficient (Wildman–Crippen LogP) is 6.77. The molecule has 7 fully saturated rings. The molecule has 9 N–H and O–H groups in total. The van der Waals surface area contributed by atoms with Crippen LogP contribution in [-0.4, -0.2) is 214 Å². The van der Waals surface area contributed by atoms with E-state index in [1.807, 2.05) is 32.0 Å². The lowest BCUT2D eigenvalue weighted by molar-refractivity contribution is 0.0729. The van der Waals surface area contributed by atoms with E-state index in [-0.39, 0.29) is 35.2 Å². The predicted molar refractivity (Wildman–Crippen MR) is 343 cm³/mol. The summed E-state index contributed by atoms with van der Waals surface area (Å²) in [4.78, 5) is 63.0. The summed E-state index contributed by atoms with van der Waals surface area (Å²) in [5.74, 6) is 0.795. The largest absolute Gasteiger partial charge is 0.381 e. The number of nitrogens with one attached hydrogen (secondary N) is 7. The average Bonchev–Trinajstić information content (AvgIpc) is 2.27. The zero-order valence-electron chi connectivity index (χ0n) is 51.7. The lowest BCUT2D eigenvalue weighted by Gasteiger charge is -2.43. The number of nitrogens with two attached hydrogens (primary N) is 1. The van der Waals surface area contributed by atoms with Crippen LogP contribution in [0.25, 0.3) is 22.8 Å².